The van der Waals surface area contributed by atoms with Crippen LogP contribution >= 0.6 is 0 Å². The molecule has 1 aromatic rings. The van der Waals surface area contributed by atoms with Gasteiger partial charge in [-0.1, -0.05) is 39.3 Å². The maximum atomic E-state index is 3.56. The molecule has 1 aromatic carbocycles. The molecule has 1 aliphatic heterocycles. The summed E-state index contributed by atoms with van der Waals surface area (Å²) in [6, 6.07) is 6.91. The zero-order valence-corrected chi connectivity index (χ0v) is 10.7. The van der Waals surface area contributed by atoms with Gasteiger partial charge in [-0.3, -0.25) is 0 Å². The van der Waals surface area contributed by atoms with Crippen LogP contribution in [0.25, 0.3) is 0 Å². The van der Waals surface area contributed by atoms with E-state index in [4.69, 9.17) is 0 Å². The molecular formula is C15H23N. The molecule has 1 nitrogen and oxygen atoms in total. The topological polar surface area (TPSA) is 12.0 Å². The third kappa shape index (κ3) is 2.40. The minimum Gasteiger partial charge on any atom is -0.385 e. The smallest absolute Gasteiger partial charge is 0.0373 e. The standard InChI is InChI=1S/C15H23N/c1-4-5-12-8-14-9-13(11(2)3)6-7-15(14)16-10-12/h6-7,9,11-12,16H,4-5,8,10H2,1-3H3. The lowest BCUT2D eigenvalue weighted by molar-refractivity contribution is 0.489. The summed E-state index contributed by atoms with van der Waals surface area (Å²) in [5.74, 6) is 1.47. The summed E-state index contributed by atoms with van der Waals surface area (Å²) in [4.78, 5) is 0. The summed E-state index contributed by atoms with van der Waals surface area (Å²) >= 11 is 0. The normalized spacial score (nSPS) is 19.4. The Hall–Kier alpha value is -0.980. The highest BCUT2D eigenvalue weighted by atomic mass is 14.9. The molecule has 1 heteroatoms. The van der Waals surface area contributed by atoms with Crippen LogP contribution in [0.4, 0.5) is 5.69 Å². The molecule has 1 atom stereocenters. The van der Waals surface area contributed by atoms with Crippen LogP contribution in [0.2, 0.25) is 0 Å². The van der Waals surface area contributed by atoms with Gasteiger partial charge in [0, 0.05) is 12.2 Å². The summed E-state index contributed by atoms with van der Waals surface area (Å²) in [7, 11) is 0. The van der Waals surface area contributed by atoms with Gasteiger partial charge in [-0.2, -0.15) is 0 Å². The zero-order valence-electron chi connectivity index (χ0n) is 10.7. The maximum Gasteiger partial charge on any atom is 0.0373 e. The first-order valence-corrected chi connectivity index (χ1v) is 6.57. The Bertz CT molecular complexity index is 354. The van der Waals surface area contributed by atoms with Crippen LogP contribution in [0.3, 0.4) is 0 Å². The van der Waals surface area contributed by atoms with E-state index in [1.165, 1.54) is 36.1 Å². The predicted octanol–water partition coefficient (Wildman–Crippen LogP) is 4.19. The van der Waals surface area contributed by atoms with Gasteiger partial charge in [-0.15, -0.1) is 0 Å². The van der Waals surface area contributed by atoms with Gasteiger partial charge >= 0.3 is 0 Å². The van der Waals surface area contributed by atoms with Crippen molar-refractivity contribution < 1.29 is 0 Å². The van der Waals surface area contributed by atoms with Crippen molar-refractivity contribution in [3.8, 4) is 0 Å². The third-order valence-electron chi connectivity index (χ3n) is 3.58. The largest absolute Gasteiger partial charge is 0.385 e. The maximum absolute atomic E-state index is 3.56. The average Bonchev–Trinajstić information content (AvgIpc) is 2.28. The van der Waals surface area contributed by atoms with Gasteiger partial charge in [0.2, 0.25) is 0 Å². The molecule has 1 N–H and O–H groups in total. The molecule has 0 aliphatic carbocycles. The molecule has 0 amide bonds. The van der Waals surface area contributed by atoms with Gasteiger partial charge in [-0.25, -0.2) is 0 Å². The number of nitrogens with one attached hydrogen (secondary N) is 1. The van der Waals surface area contributed by atoms with Crippen LogP contribution in [0.15, 0.2) is 18.2 Å². The summed E-state index contributed by atoms with van der Waals surface area (Å²) in [6.45, 7) is 7.96. The molecular weight excluding hydrogens is 194 g/mol. The lowest BCUT2D eigenvalue weighted by Gasteiger charge is -2.26. The Morgan fingerprint density at radius 1 is 1.38 bits per heavy atom. The van der Waals surface area contributed by atoms with Gasteiger partial charge in [0.25, 0.3) is 0 Å². The molecule has 0 fully saturated rings. The minimum absolute atomic E-state index is 0.636. The molecule has 1 aliphatic rings. The Morgan fingerprint density at radius 3 is 2.88 bits per heavy atom. The Kier molecular flexibility index (Phi) is 3.52. The molecule has 16 heavy (non-hydrogen) atoms. The molecule has 1 unspecified atom stereocenters. The summed E-state index contributed by atoms with van der Waals surface area (Å²) < 4.78 is 0. The zero-order chi connectivity index (χ0) is 11.5. The Morgan fingerprint density at radius 2 is 2.19 bits per heavy atom. The third-order valence-corrected chi connectivity index (χ3v) is 3.58. The second kappa shape index (κ2) is 4.90. The van der Waals surface area contributed by atoms with E-state index in [1.807, 2.05) is 0 Å². The average molecular weight is 217 g/mol. The van der Waals surface area contributed by atoms with Gasteiger partial charge < -0.3 is 5.32 Å². The van der Waals surface area contributed by atoms with E-state index in [1.54, 1.807) is 0 Å². The molecule has 2 rings (SSSR count). The summed E-state index contributed by atoms with van der Waals surface area (Å²) in [5.41, 5.74) is 4.35. The number of anilines is 1. The predicted molar refractivity (Wildman–Crippen MR) is 71.1 cm³/mol. The second-order valence-electron chi connectivity index (χ2n) is 5.31. The quantitative estimate of drug-likeness (QED) is 0.800. The SMILES string of the molecule is CCCC1CNc2ccc(C(C)C)cc2C1. The first-order valence-electron chi connectivity index (χ1n) is 6.57. The highest BCUT2D eigenvalue weighted by Gasteiger charge is 2.17. The monoisotopic (exact) mass is 217 g/mol. The van der Waals surface area contributed by atoms with Gasteiger partial charge in [0.05, 0.1) is 0 Å². The van der Waals surface area contributed by atoms with Crippen molar-refractivity contribution in [3.63, 3.8) is 0 Å². The summed E-state index contributed by atoms with van der Waals surface area (Å²) in [6.07, 6.45) is 3.90. The highest BCUT2D eigenvalue weighted by molar-refractivity contribution is 5.55. The van der Waals surface area contributed by atoms with Gasteiger partial charge in [0.15, 0.2) is 0 Å². The van der Waals surface area contributed by atoms with Crippen LogP contribution < -0.4 is 5.32 Å². The van der Waals surface area contributed by atoms with E-state index >= 15 is 0 Å². The highest BCUT2D eigenvalue weighted by Crippen LogP contribution is 2.29. The van der Waals surface area contributed by atoms with Crippen molar-refractivity contribution in [2.75, 3.05) is 11.9 Å². The first-order chi connectivity index (χ1) is 7.70. The van der Waals surface area contributed by atoms with Crippen molar-refractivity contribution in [2.45, 2.75) is 46.0 Å². The van der Waals surface area contributed by atoms with Gasteiger partial charge in [0.1, 0.15) is 0 Å². The second-order valence-corrected chi connectivity index (χ2v) is 5.31. The molecule has 0 radical (unpaired) electrons. The molecule has 1 heterocycles. The summed E-state index contributed by atoms with van der Waals surface area (Å²) in [5, 5.41) is 3.56. The van der Waals surface area contributed by atoms with Crippen LogP contribution in [-0.2, 0) is 6.42 Å². The van der Waals surface area contributed by atoms with Crippen molar-refractivity contribution in [2.24, 2.45) is 5.92 Å². The number of hydrogen-bond donors (Lipinski definition) is 1. The molecule has 88 valence electrons. The van der Waals surface area contributed by atoms with E-state index in [0.717, 1.165) is 12.5 Å². The first kappa shape index (κ1) is 11.5. The van der Waals surface area contributed by atoms with Crippen molar-refractivity contribution >= 4 is 5.69 Å². The lowest BCUT2D eigenvalue weighted by atomic mass is 9.88. The lowest BCUT2D eigenvalue weighted by Crippen LogP contribution is -2.23. The van der Waals surface area contributed by atoms with E-state index in [9.17, 15) is 0 Å². The van der Waals surface area contributed by atoms with Crippen LogP contribution in [0.1, 0.15) is 50.7 Å². The fourth-order valence-electron chi connectivity index (χ4n) is 2.56. The van der Waals surface area contributed by atoms with E-state index in [0.29, 0.717) is 5.92 Å². The van der Waals surface area contributed by atoms with Crippen LogP contribution in [-0.4, -0.2) is 6.54 Å². The van der Waals surface area contributed by atoms with E-state index < -0.39 is 0 Å². The van der Waals surface area contributed by atoms with Crippen LogP contribution in [0, 0.1) is 5.92 Å². The van der Waals surface area contributed by atoms with Crippen molar-refractivity contribution in [1.29, 1.82) is 0 Å². The number of fused-ring (bicyclic) bond motifs is 1. The molecule has 0 aromatic heterocycles. The van der Waals surface area contributed by atoms with E-state index in [2.05, 4.69) is 44.3 Å². The Labute approximate surface area is 99.3 Å². The van der Waals surface area contributed by atoms with Crippen LogP contribution in [0.5, 0.6) is 0 Å². The molecule has 0 saturated heterocycles. The Balaban J connectivity index is 2.18. The molecule has 0 spiro atoms. The number of benzene rings is 1. The van der Waals surface area contributed by atoms with Gasteiger partial charge in [-0.05, 0) is 41.9 Å². The van der Waals surface area contributed by atoms with Crippen molar-refractivity contribution in [3.05, 3.63) is 29.3 Å². The fraction of sp³-hybridized carbons (Fsp3) is 0.600. The van der Waals surface area contributed by atoms with E-state index in [-0.39, 0.29) is 0 Å². The molecule has 0 saturated carbocycles. The number of rotatable bonds is 3. The number of hydrogen-bond acceptors (Lipinski definition) is 1. The van der Waals surface area contributed by atoms with Crippen molar-refractivity contribution in [1.82, 2.24) is 0 Å². The fourth-order valence-corrected chi connectivity index (χ4v) is 2.56. The minimum atomic E-state index is 0.636. The molecule has 0 bridgehead atoms.